The molecule has 2 aromatic carbocycles. The number of H-pyrrole nitrogens is 1. The maximum atomic E-state index is 11.7. The summed E-state index contributed by atoms with van der Waals surface area (Å²) in [6.45, 7) is 5.17. The number of hydrogen-bond donors (Lipinski definition) is 2. The normalized spacial score (nSPS) is 12.8. The number of fused-ring (bicyclic) bond motifs is 1. The van der Waals surface area contributed by atoms with Crippen molar-refractivity contribution in [3.63, 3.8) is 0 Å². The number of aromatic nitrogens is 2. The minimum Gasteiger partial charge on any atom is -0.497 e. The Morgan fingerprint density at radius 2 is 1.93 bits per heavy atom. The second kappa shape index (κ2) is 14.0. The van der Waals surface area contributed by atoms with Crippen LogP contribution in [0.4, 0.5) is 0 Å². The Bertz CT molecular complexity index is 1540. The number of methoxy groups -OCH3 is 1. The molecule has 0 radical (unpaired) electrons. The SMILES string of the molecule is CC/C(=C(/c1ccc(OCCNC(C)/C=C/C(=O)N(C)C)nc1)c1[nH]c2ccccc2c1Cl)c1cccc(OC)c1. The summed E-state index contributed by atoms with van der Waals surface area (Å²) >= 11 is 6.98. The number of rotatable bonds is 12. The number of nitrogens with zero attached hydrogens (tertiary/aromatic N) is 2. The molecule has 0 aliphatic rings. The zero-order valence-corrected chi connectivity index (χ0v) is 25.0. The van der Waals surface area contributed by atoms with E-state index >= 15 is 0 Å². The van der Waals surface area contributed by atoms with Crippen molar-refractivity contribution < 1.29 is 14.3 Å². The van der Waals surface area contributed by atoms with Crippen molar-refractivity contribution in [2.45, 2.75) is 26.3 Å². The summed E-state index contributed by atoms with van der Waals surface area (Å²) in [6, 6.07) is 20.0. The zero-order valence-electron chi connectivity index (χ0n) is 24.2. The van der Waals surface area contributed by atoms with Crippen LogP contribution in [-0.2, 0) is 4.79 Å². The number of amides is 1. The first-order valence-corrected chi connectivity index (χ1v) is 14.1. The third-order valence-electron chi connectivity index (χ3n) is 6.78. The predicted molar refractivity (Wildman–Crippen MR) is 168 cm³/mol. The van der Waals surface area contributed by atoms with Crippen molar-refractivity contribution in [1.29, 1.82) is 0 Å². The van der Waals surface area contributed by atoms with Crippen molar-refractivity contribution in [3.05, 3.63) is 101 Å². The smallest absolute Gasteiger partial charge is 0.245 e. The van der Waals surface area contributed by atoms with Gasteiger partial charge in [-0.2, -0.15) is 0 Å². The van der Waals surface area contributed by atoms with Crippen LogP contribution in [0, 0.1) is 0 Å². The molecule has 2 aromatic heterocycles. The fourth-order valence-corrected chi connectivity index (χ4v) is 4.89. The number of nitrogens with one attached hydrogen (secondary N) is 2. The predicted octanol–water partition coefficient (Wildman–Crippen LogP) is 6.60. The van der Waals surface area contributed by atoms with E-state index in [1.807, 2.05) is 73.8 Å². The lowest BCUT2D eigenvalue weighted by Crippen LogP contribution is -2.29. The molecule has 4 aromatic rings. The fourth-order valence-electron chi connectivity index (χ4n) is 4.58. The Hall–Kier alpha value is -4.07. The summed E-state index contributed by atoms with van der Waals surface area (Å²) in [6.07, 6.45) is 6.00. The molecule has 8 heteroatoms. The van der Waals surface area contributed by atoms with Gasteiger partial charge >= 0.3 is 0 Å². The molecule has 1 amide bonds. The number of likely N-dealkylation sites (N-methyl/N-ethyl adjacent to an activating group) is 1. The molecule has 0 bridgehead atoms. The van der Waals surface area contributed by atoms with Crippen molar-refractivity contribution in [2.75, 3.05) is 34.4 Å². The molecular formula is C33H37ClN4O3. The number of pyridine rings is 1. The van der Waals surface area contributed by atoms with Crippen molar-refractivity contribution in [3.8, 4) is 11.6 Å². The van der Waals surface area contributed by atoms with Gasteiger partial charge in [0.15, 0.2) is 0 Å². The second-order valence-corrected chi connectivity index (χ2v) is 10.2. The van der Waals surface area contributed by atoms with E-state index in [1.165, 1.54) is 4.90 Å². The van der Waals surface area contributed by atoms with E-state index < -0.39 is 0 Å². The number of aromatic amines is 1. The van der Waals surface area contributed by atoms with Gasteiger partial charge in [0, 0.05) is 67.1 Å². The molecular weight excluding hydrogens is 536 g/mol. The van der Waals surface area contributed by atoms with E-state index in [9.17, 15) is 4.79 Å². The van der Waals surface area contributed by atoms with Gasteiger partial charge in [-0.05, 0) is 48.7 Å². The molecule has 2 heterocycles. The monoisotopic (exact) mass is 572 g/mol. The fraction of sp³-hybridized carbons (Fsp3) is 0.273. The van der Waals surface area contributed by atoms with Gasteiger partial charge in [0.2, 0.25) is 11.8 Å². The molecule has 0 saturated carbocycles. The number of hydrogen-bond acceptors (Lipinski definition) is 5. The lowest BCUT2D eigenvalue weighted by Gasteiger charge is -2.16. The summed E-state index contributed by atoms with van der Waals surface area (Å²) in [5.74, 6) is 1.28. The third kappa shape index (κ3) is 7.37. The Morgan fingerprint density at radius 1 is 1.12 bits per heavy atom. The molecule has 1 unspecified atom stereocenters. The number of allylic oxidation sites excluding steroid dienone is 1. The van der Waals surface area contributed by atoms with E-state index in [1.54, 1.807) is 27.3 Å². The Morgan fingerprint density at radius 3 is 2.61 bits per heavy atom. The molecule has 0 fully saturated rings. The largest absolute Gasteiger partial charge is 0.497 e. The lowest BCUT2D eigenvalue weighted by atomic mass is 9.91. The summed E-state index contributed by atoms with van der Waals surface area (Å²) in [5.41, 5.74) is 5.90. The first-order chi connectivity index (χ1) is 19.8. The van der Waals surface area contributed by atoms with Crippen LogP contribution in [0.25, 0.3) is 22.0 Å². The van der Waals surface area contributed by atoms with Crippen LogP contribution in [0.15, 0.2) is 79.0 Å². The first-order valence-electron chi connectivity index (χ1n) is 13.7. The number of carbonyl (C=O) groups is 1. The highest BCUT2D eigenvalue weighted by Gasteiger charge is 2.20. The lowest BCUT2D eigenvalue weighted by molar-refractivity contribution is -0.123. The summed E-state index contributed by atoms with van der Waals surface area (Å²) in [7, 11) is 5.13. The Balaban J connectivity index is 1.59. The summed E-state index contributed by atoms with van der Waals surface area (Å²) in [5, 5.41) is 4.96. The Labute approximate surface area is 246 Å². The van der Waals surface area contributed by atoms with Gasteiger partial charge in [-0.1, -0.05) is 54.9 Å². The molecule has 4 rings (SSSR count). The third-order valence-corrected chi connectivity index (χ3v) is 7.17. The number of para-hydroxylation sites is 1. The molecule has 7 nitrogen and oxygen atoms in total. The molecule has 41 heavy (non-hydrogen) atoms. The van der Waals surface area contributed by atoms with Gasteiger partial charge in [-0.25, -0.2) is 4.98 Å². The molecule has 0 spiro atoms. The highest BCUT2D eigenvalue weighted by Crippen LogP contribution is 2.40. The van der Waals surface area contributed by atoms with Crippen molar-refractivity contribution in [1.82, 2.24) is 20.2 Å². The highest BCUT2D eigenvalue weighted by molar-refractivity contribution is 6.38. The maximum absolute atomic E-state index is 11.7. The summed E-state index contributed by atoms with van der Waals surface area (Å²) in [4.78, 5) is 21.4. The van der Waals surface area contributed by atoms with E-state index in [0.29, 0.717) is 24.1 Å². The van der Waals surface area contributed by atoms with Crippen molar-refractivity contribution >= 4 is 39.6 Å². The highest BCUT2D eigenvalue weighted by atomic mass is 35.5. The van der Waals surface area contributed by atoms with Gasteiger partial charge < -0.3 is 24.7 Å². The molecule has 0 aliphatic carbocycles. The maximum Gasteiger partial charge on any atom is 0.245 e. The van der Waals surface area contributed by atoms with Crippen LogP contribution in [0.1, 0.15) is 37.1 Å². The van der Waals surface area contributed by atoms with E-state index in [-0.39, 0.29) is 11.9 Å². The van der Waals surface area contributed by atoms with Crippen LogP contribution in [-0.4, -0.2) is 61.2 Å². The summed E-state index contributed by atoms with van der Waals surface area (Å²) < 4.78 is 11.4. The van der Waals surface area contributed by atoms with Gasteiger partial charge in [-0.15, -0.1) is 0 Å². The number of ether oxygens (including phenoxy) is 2. The molecule has 0 saturated heterocycles. The molecule has 2 N–H and O–H groups in total. The molecule has 1 atom stereocenters. The molecule has 214 valence electrons. The van der Waals surface area contributed by atoms with Gasteiger partial charge in [0.25, 0.3) is 0 Å². The van der Waals surface area contributed by atoms with Crippen LogP contribution in [0.2, 0.25) is 5.02 Å². The topological polar surface area (TPSA) is 79.5 Å². The minimum atomic E-state index is -0.0426. The molecule has 0 aliphatic heterocycles. The van der Waals surface area contributed by atoms with E-state index in [4.69, 9.17) is 21.1 Å². The Kier molecular flexibility index (Phi) is 10.2. The van der Waals surface area contributed by atoms with Gasteiger partial charge in [-0.3, -0.25) is 4.79 Å². The van der Waals surface area contributed by atoms with E-state index in [0.717, 1.165) is 51.0 Å². The average molecular weight is 573 g/mol. The average Bonchev–Trinajstić information content (AvgIpc) is 3.32. The zero-order chi connectivity index (χ0) is 29.4. The number of halogens is 1. The van der Waals surface area contributed by atoms with Crippen LogP contribution < -0.4 is 14.8 Å². The first kappa shape index (κ1) is 29.9. The minimum absolute atomic E-state index is 0.0377. The van der Waals surface area contributed by atoms with Gasteiger partial charge in [0.05, 0.1) is 17.8 Å². The standard InChI is InChI=1S/C33H37ClN4O3/c1-6-26(23-10-9-11-25(20-23)40-5)31(33-32(34)27-12-7-8-13-28(27)37-33)24-15-16-29(36-21-24)41-19-18-35-22(2)14-17-30(39)38(3)4/h7-17,20-22,35,37H,6,18-19H2,1-5H3/b17-14+,31-26+. The van der Waals surface area contributed by atoms with E-state index in [2.05, 4.69) is 28.3 Å². The van der Waals surface area contributed by atoms with Crippen LogP contribution in [0.5, 0.6) is 11.6 Å². The quantitative estimate of drug-likeness (QED) is 0.148. The number of carbonyl (C=O) groups excluding carboxylic acids is 1. The van der Waals surface area contributed by atoms with Gasteiger partial charge in [0.1, 0.15) is 12.4 Å². The van der Waals surface area contributed by atoms with Crippen LogP contribution >= 0.6 is 11.6 Å². The van der Waals surface area contributed by atoms with Crippen molar-refractivity contribution in [2.24, 2.45) is 0 Å². The second-order valence-electron chi connectivity index (χ2n) is 9.87. The number of benzene rings is 2. The van der Waals surface area contributed by atoms with Crippen LogP contribution in [0.3, 0.4) is 0 Å².